The van der Waals surface area contributed by atoms with Gasteiger partial charge in [-0.25, -0.2) is 8.42 Å². The number of carbonyl (C=O) groups is 1. The van der Waals surface area contributed by atoms with Gasteiger partial charge in [-0.05, 0) is 56.4 Å². The molecule has 0 aliphatic carbocycles. The Balaban J connectivity index is 1.71. The van der Waals surface area contributed by atoms with E-state index in [0.717, 1.165) is 18.2 Å². The van der Waals surface area contributed by atoms with Crippen LogP contribution in [-0.4, -0.2) is 53.4 Å². The van der Waals surface area contributed by atoms with Gasteiger partial charge in [0.05, 0.1) is 15.2 Å². The van der Waals surface area contributed by atoms with Gasteiger partial charge in [-0.2, -0.15) is 13.2 Å². The summed E-state index contributed by atoms with van der Waals surface area (Å²) in [5.74, 6) is -1.08. The van der Waals surface area contributed by atoms with Crippen LogP contribution in [0, 0.1) is 5.92 Å². The number of aliphatic hydroxyl groups is 2. The number of carbonyl (C=O) groups excluding carboxylic acids is 1. The second-order valence-corrected chi connectivity index (χ2v) is 11.6. The highest BCUT2D eigenvalue weighted by Crippen LogP contribution is 2.39. The summed E-state index contributed by atoms with van der Waals surface area (Å²) < 4.78 is 64.4. The van der Waals surface area contributed by atoms with Crippen LogP contribution in [0.1, 0.15) is 43.9 Å². The number of nitrogens with zero attached hydrogens (tertiary/aromatic N) is 1. The lowest BCUT2D eigenvalue weighted by Gasteiger charge is -2.40. The maximum Gasteiger partial charge on any atom is 0.416 e. The third kappa shape index (κ3) is 5.13. The van der Waals surface area contributed by atoms with Crippen LogP contribution in [-0.2, 0) is 20.8 Å². The van der Waals surface area contributed by atoms with Gasteiger partial charge >= 0.3 is 6.18 Å². The highest BCUT2D eigenvalue weighted by Gasteiger charge is 2.45. The zero-order valence-electron chi connectivity index (χ0n) is 18.9. The molecule has 0 aromatic heterocycles. The molecule has 10 heteroatoms. The molecule has 0 saturated carbocycles. The van der Waals surface area contributed by atoms with Crippen molar-refractivity contribution in [2.24, 2.45) is 5.92 Å². The minimum Gasteiger partial charge on any atom is -0.385 e. The predicted molar refractivity (Wildman–Crippen MR) is 119 cm³/mol. The molecule has 1 saturated heterocycles. The van der Waals surface area contributed by atoms with E-state index in [9.17, 15) is 36.6 Å². The number of benzene rings is 2. The van der Waals surface area contributed by atoms with Crippen molar-refractivity contribution in [3.63, 3.8) is 0 Å². The first-order chi connectivity index (χ1) is 15.8. The summed E-state index contributed by atoms with van der Waals surface area (Å²) in [6.07, 6.45) is -7.16. The van der Waals surface area contributed by atoms with Gasteiger partial charge in [0.2, 0.25) is 0 Å². The van der Waals surface area contributed by atoms with E-state index in [1.165, 1.54) is 18.7 Å². The average molecular weight is 500 g/mol. The molecule has 6 nitrogen and oxygen atoms in total. The van der Waals surface area contributed by atoms with Gasteiger partial charge in [0.15, 0.2) is 15.9 Å². The largest absolute Gasteiger partial charge is 0.416 e. The zero-order chi connectivity index (χ0) is 25.3. The molecule has 1 aliphatic rings. The van der Waals surface area contributed by atoms with Crippen molar-refractivity contribution >= 4 is 15.7 Å². The lowest BCUT2D eigenvalue weighted by atomic mass is 9.85. The van der Waals surface area contributed by atoms with Crippen LogP contribution >= 0.6 is 0 Å². The first-order valence-electron chi connectivity index (χ1n) is 10.9. The van der Waals surface area contributed by atoms with Gasteiger partial charge in [0, 0.05) is 13.1 Å². The summed E-state index contributed by atoms with van der Waals surface area (Å²) >= 11 is 0. The molecule has 1 amide bonds. The number of alkyl halides is 3. The molecule has 2 N–H and O–H groups in total. The van der Waals surface area contributed by atoms with E-state index < -0.39 is 55.3 Å². The molecule has 2 atom stereocenters. The molecule has 2 aromatic carbocycles. The Bertz CT molecular complexity index is 1110. The van der Waals surface area contributed by atoms with E-state index in [-0.39, 0.29) is 25.9 Å². The fourth-order valence-corrected chi connectivity index (χ4v) is 6.13. The molecule has 1 heterocycles. The second-order valence-electron chi connectivity index (χ2n) is 9.03. The summed E-state index contributed by atoms with van der Waals surface area (Å²) in [5.41, 5.74) is -0.637. The van der Waals surface area contributed by atoms with Crippen LogP contribution in [0.3, 0.4) is 0 Å². The number of aliphatic hydroxyl groups excluding tert-OH is 2. The maximum absolute atomic E-state index is 13.3. The predicted octanol–water partition coefficient (Wildman–Crippen LogP) is 3.59. The Morgan fingerprint density at radius 3 is 2.15 bits per heavy atom. The van der Waals surface area contributed by atoms with Crippen molar-refractivity contribution in [2.45, 2.75) is 54.7 Å². The molecule has 0 unspecified atom stereocenters. The number of amides is 1. The molecule has 2 aromatic rings. The van der Waals surface area contributed by atoms with Gasteiger partial charge in [0.1, 0.15) is 6.10 Å². The zero-order valence-corrected chi connectivity index (χ0v) is 19.7. The van der Waals surface area contributed by atoms with Crippen LogP contribution in [0.5, 0.6) is 0 Å². The number of sulfone groups is 1. The molecule has 1 fully saturated rings. The summed E-state index contributed by atoms with van der Waals surface area (Å²) in [7, 11) is -4.12. The second kappa shape index (κ2) is 9.67. The minimum absolute atomic E-state index is 0.156. The number of likely N-dealkylation sites (tertiary alicyclic amines) is 1. The minimum atomic E-state index is -4.66. The fourth-order valence-electron chi connectivity index (χ4n) is 4.31. The Labute approximate surface area is 196 Å². The van der Waals surface area contributed by atoms with E-state index in [1.54, 1.807) is 30.3 Å². The molecule has 0 spiro atoms. The van der Waals surface area contributed by atoms with Crippen molar-refractivity contribution in [1.82, 2.24) is 4.90 Å². The van der Waals surface area contributed by atoms with Crippen LogP contribution in [0.15, 0.2) is 59.5 Å². The monoisotopic (exact) mass is 499 g/mol. The van der Waals surface area contributed by atoms with Crippen molar-refractivity contribution in [2.75, 3.05) is 13.1 Å². The number of rotatable bonds is 6. The standard InChI is InChI=1S/C24H28F3NO5S/c1-23(2,34(32,33)19-10-6-9-18(15-19)24(25,26)27)17-11-13-28(14-12-17)22(31)21(30)20(29)16-7-4-3-5-8-16/h3-10,15,17,20-21,29-30H,11-14H2,1-2H3/t20-,21+/m1/s1. The highest BCUT2D eigenvalue weighted by molar-refractivity contribution is 7.92. The smallest absolute Gasteiger partial charge is 0.385 e. The van der Waals surface area contributed by atoms with Crippen molar-refractivity contribution in [3.05, 3.63) is 65.7 Å². The molecule has 186 valence electrons. The highest BCUT2D eigenvalue weighted by atomic mass is 32.2. The van der Waals surface area contributed by atoms with Crippen LogP contribution in [0.2, 0.25) is 0 Å². The van der Waals surface area contributed by atoms with Gasteiger partial charge in [0.25, 0.3) is 5.91 Å². The van der Waals surface area contributed by atoms with E-state index >= 15 is 0 Å². The van der Waals surface area contributed by atoms with E-state index in [4.69, 9.17) is 0 Å². The van der Waals surface area contributed by atoms with Gasteiger partial charge < -0.3 is 15.1 Å². The topological polar surface area (TPSA) is 94.9 Å². The van der Waals surface area contributed by atoms with E-state index in [1.807, 2.05) is 0 Å². The van der Waals surface area contributed by atoms with Gasteiger partial charge in [-0.3, -0.25) is 4.79 Å². The Kier molecular flexibility index (Phi) is 7.45. The normalized spacial score (nSPS) is 17.9. The van der Waals surface area contributed by atoms with Crippen LogP contribution in [0.25, 0.3) is 0 Å². The third-order valence-electron chi connectivity index (χ3n) is 6.65. The van der Waals surface area contributed by atoms with Gasteiger partial charge in [-0.1, -0.05) is 36.4 Å². The maximum atomic E-state index is 13.3. The number of hydrogen-bond acceptors (Lipinski definition) is 5. The SMILES string of the molecule is CC(C)(C1CCN(C(=O)[C@@H](O)[C@H](O)c2ccccc2)CC1)S(=O)(=O)c1cccc(C(F)(F)F)c1. The van der Waals surface area contributed by atoms with Crippen molar-refractivity contribution in [3.8, 4) is 0 Å². The molecule has 1 aliphatic heterocycles. The lowest BCUT2D eigenvalue weighted by Crippen LogP contribution is -2.50. The Hall–Kier alpha value is -2.43. The first kappa shape index (κ1) is 26.2. The number of piperidine rings is 1. The molecule has 0 radical (unpaired) electrons. The van der Waals surface area contributed by atoms with E-state index in [0.29, 0.717) is 11.6 Å². The van der Waals surface area contributed by atoms with E-state index in [2.05, 4.69) is 0 Å². The molecular formula is C24H28F3NO5S. The summed E-state index contributed by atoms with van der Waals surface area (Å²) in [4.78, 5) is 13.7. The Morgan fingerprint density at radius 2 is 1.59 bits per heavy atom. The molecule has 0 bridgehead atoms. The summed E-state index contributed by atoms with van der Waals surface area (Å²) in [6, 6.07) is 12.0. The summed E-state index contributed by atoms with van der Waals surface area (Å²) in [6.45, 7) is 3.28. The first-order valence-corrected chi connectivity index (χ1v) is 12.4. The Morgan fingerprint density at radius 1 is 1.00 bits per heavy atom. The van der Waals surface area contributed by atoms with Crippen LogP contribution in [0.4, 0.5) is 13.2 Å². The number of hydrogen-bond donors (Lipinski definition) is 2. The lowest BCUT2D eigenvalue weighted by molar-refractivity contribution is -0.148. The molecular weight excluding hydrogens is 471 g/mol. The van der Waals surface area contributed by atoms with Crippen LogP contribution < -0.4 is 0 Å². The number of halogens is 3. The molecule has 3 rings (SSSR count). The fraction of sp³-hybridized carbons (Fsp3) is 0.458. The third-order valence-corrected chi connectivity index (χ3v) is 9.24. The summed E-state index contributed by atoms with van der Waals surface area (Å²) in [5, 5.41) is 20.7. The van der Waals surface area contributed by atoms with Crippen molar-refractivity contribution in [1.29, 1.82) is 0 Å². The van der Waals surface area contributed by atoms with Crippen molar-refractivity contribution < 1.29 is 36.6 Å². The quantitative estimate of drug-likeness (QED) is 0.634. The van der Waals surface area contributed by atoms with Gasteiger partial charge in [-0.15, -0.1) is 0 Å². The average Bonchev–Trinajstić information content (AvgIpc) is 2.82. The molecule has 34 heavy (non-hydrogen) atoms.